The van der Waals surface area contributed by atoms with Crippen LogP contribution in [0.2, 0.25) is 0 Å². The fourth-order valence-corrected chi connectivity index (χ4v) is 3.08. The Hall–Kier alpha value is -1.71. The van der Waals surface area contributed by atoms with Crippen LogP contribution >= 0.6 is 15.9 Å². The molecule has 0 aliphatic rings. The number of hydrogen-bond donors (Lipinski definition) is 1. The van der Waals surface area contributed by atoms with Crippen molar-refractivity contribution in [2.24, 2.45) is 5.73 Å². The minimum absolute atomic E-state index is 0.0961. The van der Waals surface area contributed by atoms with Gasteiger partial charge < -0.3 is 5.73 Å². The predicted molar refractivity (Wildman–Crippen MR) is 91.3 cm³/mol. The molecule has 1 heterocycles. The van der Waals surface area contributed by atoms with Gasteiger partial charge in [0.15, 0.2) is 0 Å². The van der Waals surface area contributed by atoms with E-state index >= 15 is 0 Å². The lowest BCUT2D eigenvalue weighted by Crippen LogP contribution is -2.25. The van der Waals surface area contributed by atoms with E-state index in [1.165, 1.54) is 11.1 Å². The molecule has 0 amide bonds. The Labute approximate surface area is 133 Å². The van der Waals surface area contributed by atoms with Crippen molar-refractivity contribution < 1.29 is 0 Å². The summed E-state index contributed by atoms with van der Waals surface area (Å²) in [5.41, 5.74) is 9.85. The zero-order valence-corrected chi connectivity index (χ0v) is 13.3. The van der Waals surface area contributed by atoms with Crippen LogP contribution in [-0.2, 0) is 12.8 Å². The fraction of sp³-hybridized carbons (Fsp3) is 0.167. The molecule has 1 unspecified atom stereocenters. The monoisotopic (exact) mass is 340 g/mol. The van der Waals surface area contributed by atoms with Crippen LogP contribution in [0.5, 0.6) is 0 Å². The second kappa shape index (κ2) is 6.37. The molecule has 2 nitrogen and oxygen atoms in total. The van der Waals surface area contributed by atoms with E-state index in [0.29, 0.717) is 0 Å². The van der Waals surface area contributed by atoms with Gasteiger partial charge in [0.05, 0.1) is 5.52 Å². The van der Waals surface area contributed by atoms with Gasteiger partial charge in [-0.05, 0) is 36.1 Å². The molecular weight excluding hydrogens is 324 g/mol. The summed E-state index contributed by atoms with van der Waals surface area (Å²) in [6.45, 7) is 0. The highest BCUT2D eigenvalue weighted by molar-refractivity contribution is 9.10. The number of pyridine rings is 1. The molecule has 0 radical (unpaired) electrons. The first-order chi connectivity index (χ1) is 10.2. The van der Waals surface area contributed by atoms with E-state index in [0.717, 1.165) is 28.2 Å². The van der Waals surface area contributed by atoms with Crippen LogP contribution in [0.15, 0.2) is 65.3 Å². The smallest absolute Gasteiger partial charge is 0.0745 e. The summed E-state index contributed by atoms with van der Waals surface area (Å²) in [6.07, 6.45) is 3.54. The lowest BCUT2D eigenvalue weighted by atomic mass is 9.98. The van der Waals surface area contributed by atoms with Gasteiger partial charge in [0.1, 0.15) is 0 Å². The van der Waals surface area contributed by atoms with E-state index in [2.05, 4.69) is 63.4 Å². The number of halogens is 1. The number of benzene rings is 2. The van der Waals surface area contributed by atoms with Crippen LogP contribution in [0.4, 0.5) is 0 Å². The van der Waals surface area contributed by atoms with Crippen LogP contribution < -0.4 is 5.73 Å². The van der Waals surface area contributed by atoms with Crippen molar-refractivity contribution in [3.8, 4) is 0 Å². The van der Waals surface area contributed by atoms with Crippen molar-refractivity contribution >= 4 is 26.8 Å². The average Bonchev–Trinajstić information content (AvgIpc) is 2.51. The molecule has 3 heteroatoms. The van der Waals surface area contributed by atoms with Crippen molar-refractivity contribution in [1.82, 2.24) is 4.98 Å². The molecule has 3 aromatic rings. The first-order valence-corrected chi connectivity index (χ1v) is 7.85. The number of aromatic nitrogens is 1. The van der Waals surface area contributed by atoms with E-state index in [1.807, 2.05) is 18.3 Å². The van der Waals surface area contributed by atoms with Gasteiger partial charge in [-0.15, -0.1) is 0 Å². The highest BCUT2D eigenvalue weighted by Crippen LogP contribution is 2.26. The van der Waals surface area contributed by atoms with E-state index in [1.54, 1.807) is 0 Å². The van der Waals surface area contributed by atoms with Crippen molar-refractivity contribution in [2.45, 2.75) is 18.9 Å². The highest BCUT2D eigenvalue weighted by atomic mass is 79.9. The Bertz CT molecular complexity index is 741. The molecule has 0 saturated heterocycles. The largest absolute Gasteiger partial charge is 0.327 e. The van der Waals surface area contributed by atoms with Crippen molar-refractivity contribution in [3.63, 3.8) is 0 Å². The number of fused-ring (bicyclic) bond motifs is 1. The van der Waals surface area contributed by atoms with Gasteiger partial charge in [-0.2, -0.15) is 0 Å². The number of hydrogen-bond acceptors (Lipinski definition) is 2. The van der Waals surface area contributed by atoms with E-state index in [-0.39, 0.29) is 6.04 Å². The van der Waals surface area contributed by atoms with Crippen molar-refractivity contribution in [2.75, 3.05) is 0 Å². The second-order valence-electron chi connectivity index (χ2n) is 5.26. The van der Waals surface area contributed by atoms with E-state index < -0.39 is 0 Å². The Morgan fingerprint density at radius 3 is 2.57 bits per heavy atom. The van der Waals surface area contributed by atoms with Gasteiger partial charge in [-0.25, -0.2) is 0 Å². The van der Waals surface area contributed by atoms with Crippen molar-refractivity contribution in [3.05, 3.63) is 76.4 Å². The van der Waals surface area contributed by atoms with Crippen LogP contribution in [0.3, 0.4) is 0 Å². The molecule has 21 heavy (non-hydrogen) atoms. The maximum absolute atomic E-state index is 6.33. The zero-order chi connectivity index (χ0) is 14.7. The summed E-state index contributed by atoms with van der Waals surface area (Å²) < 4.78 is 1.07. The summed E-state index contributed by atoms with van der Waals surface area (Å²) >= 11 is 3.58. The molecule has 106 valence electrons. The third-order valence-corrected chi connectivity index (χ3v) is 4.31. The number of nitrogens with zero attached hydrogens (tertiary/aromatic N) is 1. The maximum Gasteiger partial charge on any atom is 0.0745 e. The Morgan fingerprint density at radius 2 is 1.76 bits per heavy atom. The first kappa shape index (κ1) is 14.2. The number of nitrogens with two attached hydrogens (primary N) is 1. The molecule has 0 spiro atoms. The normalized spacial score (nSPS) is 12.5. The van der Waals surface area contributed by atoms with Crippen LogP contribution in [-0.4, -0.2) is 11.0 Å². The predicted octanol–water partition coefficient (Wildman–Crippen LogP) is 4.11. The molecule has 0 aliphatic carbocycles. The molecule has 2 N–H and O–H groups in total. The second-order valence-corrected chi connectivity index (χ2v) is 6.11. The fourth-order valence-electron chi connectivity index (χ4n) is 2.63. The lowest BCUT2D eigenvalue weighted by molar-refractivity contribution is 0.666. The van der Waals surface area contributed by atoms with Crippen molar-refractivity contribution in [1.29, 1.82) is 0 Å². The molecule has 0 aliphatic heterocycles. The van der Waals surface area contributed by atoms with Gasteiger partial charge in [-0.1, -0.05) is 58.4 Å². The zero-order valence-electron chi connectivity index (χ0n) is 11.7. The third-order valence-electron chi connectivity index (χ3n) is 3.62. The molecular formula is C18H17BrN2. The summed E-state index contributed by atoms with van der Waals surface area (Å²) in [5.74, 6) is 0. The summed E-state index contributed by atoms with van der Waals surface area (Å²) in [7, 11) is 0. The van der Waals surface area contributed by atoms with Crippen LogP contribution in [0.25, 0.3) is 10.9 Å². The quantitative estimate of drug-likeness (QED) is 0.776. The molecule has 3 rings (SSSR count). The minimum Gasteiger partial charge on any atom is -0.327 e. The summed E-state index contributed by atoms with van der Waals surface area (Å²) in [4.78, 5) is 4.52. The van der Waals surface area contributed by atoms with E-state index in [4.69, 9.17) is 5.73 Å². The average molecular weight is 341 g/mol. The Balaban J connectivity index is 1.83. The Kier molecular flexibility index (Phi) is 4.32. The standard InChI is InChI=1S/C18H17BrN2/c19-17-9-8-14(18-16(17)7-4-10-21-18)12-15(20)11-13-5-2-1-3-6-13/h1-10,15H,11-12,20H2. The van der Waals surface area contributed by atoms with Crippen LogP contribution in [0, 0.1) is 0 Å². The third kappa shape index (κ3) is 3.31. The van der Waals surface area contributed by atoms with Gasteiger partial charge >= 0.3 is 0 Å². The van der Waals surface area contributed by atoms with Gasteiger partial charge in [0, 0.05) is 22.1 Å². The van der Waals surface area contributed by atoms with Gasteiger partial charge in [-0.3, -0.25) is 4.98 Å². The Morgan fingerprint density at radius 1 is 0.952 bits per heavy atom. The maximum atomic E-state index is 6.33. The molecule has 2 aromatic carbocycles. The van der Waals surface area contributed by atoms with Crippen LogP contribution in [0.1, 0.15) is 11.1 Å². The van der Waals surface area contributed by atoms with Gasteiger partial charge in [0.2, 0.25) is 0 Å². The van der Waals surface area contributed by atoms with E-state index in [9.17, 15) is 0 Å². The first-order valence-electron chi connectivity index (χ1n) is 7.05. The summed E-state index contributed by atoms with van der Waals surface area (Å²) in [5, 5.41) is 1.14. The topological polar surface area (TPSA) is 38.9 Å². The SMILES string of the molecule is NC(Cc1ccccc1)Cc1ccc(Br)c2cccnc12. The summed E-state index contributed by atoms with van der Waals surface area (Å²) in [6, 6.07) is 18.7. The lowest BCUT2D eigenvalue weighted by Gasteiger charge is -2.13. The van der Waals surface area contributed by atoms with Gasteiger partial charge in [0.25, 0.3) is 0 Å². The highest BCUT2D eigenvalue weighted by Gasteiger charge is 2.10. The molecule has 0 fully saturated rings. The minimum atomic E-state index is 0.0961. The molecule has 0 bridgehead atoms. The molecule has 1 aromatic heterocycles. The molecule has 1 atom stereocenters. The molecule has 0 saturated carbocycles. The number of rotatable bonds is 4.